The van der Waals surface area contributed by atoms with Gasteiger partial charge in [0.2, 0.25) is 0 Å². The summed E-state index contributed by atoms with van der Waals surface area (Å²) in [7, 11) is 0. The molecule has 2 saturated heterocycles. The first kappa shape index (κ1) is 54.0. The molecule has 4 unspecified atom stereocenters. The summed E-state index contributed by atoms with van der Waals surface area (Å²) in [6, 6.07) is 65.5. The van der Waals surface area contributed by atoms with Gasteiger partial charge in [0.1, 0.15) is 54.2 Å². The van der Waals surface area contributed by atoms with Gasteiger partial charge < -0.3 is 42.6 Å². The molecule has 0 aromatic heterocycles. The summed E-state index contributed by atoms with van der Waals surface area (Å²) in [5.41, 5.74) is 5.57. The summed E-state index contributed by atoms with van der Waals surface area (Å²) < 4.78 is 63.5. The van der Waals surface area contributed by atoms with E-state index in [1.54, 1.807) is 24.3 Å². The predicted molar refractivity (Wildman–Crippen MR) is 293 cm³/mol. The van der Waals surface area contributed by atoms with Crippen molar-refractivity contribution in [1.82, 2.24) is 4.90 Å². The van der Waals surface area contributed by atoms with Gasteiger partial charge in [-0.3, -0.25) is 14.5 Å². The monoisotopic (exact) mass is 1060 g/mol. The molecule has 10 atom stereocenters. The van der Waals surface area contributed by atoms with Gasteiger partial charge in [-0.05, 0) is 51.3 Å². The van der Waals surface area contributed by atoms with Crippen LogP contribution in [0.15, 0.2) is 206 Å². The standard InChI is InChI=1S/C64H65NO11S/c1-2-77-64-55(65-61(66)51-35-21-22-36-52(51)62(65)67)58(71-40-48-29-15-6-16-30-48)57(54(75-64)44-69-38-46-25-11-4-12-26-46)76-63-60(73-42-50-33-19-8-20-34-50)59(72-41-49-31-17-7-18-32-49)56(70-39-47-27-13-5-14-28-47)53(74-63)43-68-37-45-23-9-3-10-24-45/h3-36,53-60,63-64H,2,37-44H2,1H3/t53?,54?,55?,56-,57+,58+,59+,60?,63-,64-/m0/s1. The van der Waals surface area contributed by atoms with Crippen molar-refractivity contribution in [1.29, 1.82) is 0 Å². The Morgan fingerprint density at radius 3 is 1.17 bits per heavy atom. The highest BCUT2D eigenvalue weighted by atomic mass is 32.2. The largest absolute Gasteiger partial charge is 0.374 e. The fourth-order valence-corrected chi connectivity index (χ4v) is 11.1. The number of thioether (sulfide) groups is 1. The molecule has 2 fully saturated rings. The quantitative estimate of drug-likeness (QED) is 0.0507. The first-order valence-electron chi connectivity index (χ1n) is 26.4. The Morgan fingerprint density at radius 2 is 0.753 bits per heavy atom. The van der Waals surface area contributed by atoms with Crippen LogP contribution in [0, 0.1) is 0 Å². The molecule has 77 heavy (non-hydrogen) atoms. The normalized spacial score (nSPS) is 24.2. The maximum Gasteiger partial charge on any atom is 0.262 e. The fraction of sp³-hybridized carbons (Fsp3) is 0.312. The number of carbonyl (C=O) groups excluding carboxylic acids is 2. The van der Waals surface area contributed by atoms with Crippen LogP contribution in [0.25, 0.3) is 0 Å². The molecule has 10 rings (SSSR count). The number of benzene rings is 7. The van der Waals surface area contributed by atoms with Gasteiger partial charge in [0.05, 0.1) is 64.0 Å². The van der Waals surface area contributed by atoms with E-state index < -0.39 is 72.3 Å². The van der Waals surface area contributed by atoms with Gasteiger partial charge in [-0.15, -0.1) is 11.8 Å². The van der Waals surface area contributed by atoms with Crippen LogP contribution in [-0.4, -0.2) is 96.2 Å². The minimum absolute atomic E-state index is 0.0585. The van der Waals surface area contributed by atoms with E-state index in [1.807, 2.05) is 189 Å². The van der Waals surface area contributed by atoms with Crippen LogP contribution in [-0.2, 0) is 82.3 Å². The molecule has 0 N–H and O–H groups in total. The smallest absolute Gasteiger partial charge is 0.262 e. The number of ether oxygens (including phenoxy) is 9. The molecular weight excluding hydrogens is 991 g/mol. The summed E-state index contributed by atoms with van der Waals surface area (Å²) in [5, 5.41) is 0. The second kappa shape index (κ2) is 27.3. The van der Waals surface area contributed by atoms with Gasteiger partial charge in [0.15, 0.2) is 6.29 Å². The van der Waals surface area contributed by atoms with E-state index in [2.05, 4.69) is 0 Å². The third-order valence-corrected chi connectivity index (χ3v) is 14.9. The molecular formula is C64H65NO11S. The lowest BCUT2D eigenvalue weighted by Gasteiger charge is -2.51. The van der Waals surface area contributed by atoms with Crippen molar-refractivity contribution >= 4 is 23.6 Å². The average Bonchev–Trinajstić information content (AvgIpc) is 3.78. The zero-order chi connectivity index (χ0) is 52.6. The van der Waals surface area contributed by atoms with Crippen molar-refractivity contribution in [3.05, 3.63) is 251 Å². The second-order valence-corrected chi connectivity index (χ2v) is 20.6. The lowest BCUT2D eigenvalue weighted by atomic mass is 9.94. The van der Waals surface area contributed by atoms with E-state index in [9.17, 15) is 9.59 Å². The summed E-state index contributed by atoms with van der Waals surface area (Å²) in [6.45, 7) is 3.53. The highest BCUT2D eigenvalue weighted by Gasteiger charge is 2.57. The molecule has 0 aliphatic carbocycles. The van der Waals surface area contributed by atoms with Crippen molar-refractivity contribution < 1.29 is 52.2 Å². The minimum Gasteiger partial charge on any atom is -0.374 e. The maximum atomic E-state index is 14.8. The molecule has 0 radical (unpaired) electrons. The van der Waals surface area contributed by atoms with Crippen molar-refractivity contribution in [2.24, 2.45) is 0 Å². The molecule has 0 bridgehead atoms. The average molecular weight is 1060 g/mol. The van der Waals surface area contributed by atoms with Gasteiger partial charge in [0.25, 0.3) is 11.8 Å². The number of imide groups is 1. The first-order chi connectivity index (χ1) is 38.0. The zero-order valence-electron chi connectivity index (χ0n) is 43.1. The van der Waals surface area contributed by atoms with E-state index in [-0.39, 0.29) is 46.2 Å². The summed E-state index contributed by atoms with van der Waals surface area (Å²) >= 11 is 1.49. The Bertz CT molecular complexity index is 2860. The van der Waals surface area contributed by atoms with Gasteiger partial charge in [-0.1, -0.05) is 201 Å². The Labute approximate surface area is 455 Å². The zero-order valence-corrected chi connectivity index (χ0v) is 43.9. The predicted octanol–water partition coefficient (Wildman–Crippen LogP) is 11.0. The van der Waals surface area contributed by atoms with E-state index in [1.165, 1.54) is 16.7 Å². The maximum absolute atomic E-state index is 14.8. The van der Waals surface area contributed by atoms with Crippen molar-refractivity contribution in [3.8, 4) is 0 Å². The van der Waals surface area contributed by atoms with E-state index >= 15 is 0 Å². The molecule has 398 valence electrons. The number of amides is 2. The van der Waals surface area contributed by atoms with Crippen molar-refractivity contribution in [2.75, 3.05) is 19.0 Å². The number of hydrogen-bond acceptors (Lipinski definition) is 12. The Kier molecular flexibility index (Phi) is 19.2. The minimum atomic E-state index is -1.20. The number of hydrogen-bond donors (Lipinski definition) is 0. The molecule has 3 aliphatic rings. The summed E-state index contributed by atoms with van der Waals surface area (Å²) in [5.74, 6) is -0.267. The topological polar surface area (TPSA) is 120 Å². The molecule has 3 heterocycles. The summed E-state index contributed by atoms with van der Waals surface area (Å²) in [6.07, 6.45) is -7.36. The van der Waals surface area contributed by atoms with Crippen LogP contribution in [0.1, 0.15) is 61.0 Å². The number of rotatable bonds is 25. The molecule has 2 amide bonds. The SMILES string of the molecule is CCS[C@@H]1OC(COCc2ccccc2)[C@@H](O[C@@H]2OC(COCc3ccccc3)[C@H](OCc3ccccc3)[C@@H](OCc3ccccc3)C2OCc2ccccc2)[C@H](OCc2ccccc2)C1N1C(=O)c2ccccc2C1=O. The van der Waals surface area contributed by atoms with Crippen LogP contribution < -0.4 is 0 Å². The van der Waals surface area contributed by atoms with E-state index in [4.69, 9.17) is 42.6 Å². The van der Waals surface area contributed by atoms with Crippen LogP contribution in [0.5, 0.6) is 0 Å². The van der Waals surface area contributed by atoms with Gasteiger partial charge in [0, 0.05) is 0 Å². The molecule has 0 saturated carbocycles. The Hall–Kier alpha value is -6.33. The molecule has 7 aromatic rings. The highest BCUT2D eigenvalue weighted by molar-refractivity contribution is 7.99. The van der Waals surface area contributed by atoms with Crippen LogP contribution in [0.2, 0.25) is 0 Å². The third-order valence-electron chi connectivity index (χ3n) is 13.9. The molecule has 3 aliphatic heterocycles. The number of fused-ring (bicyclic) bond motifs is 1. The van der Waals surface area contributed by atoms with Gasteiger partial charge >= 0.3 is 0 Å². The molecule has 7 aromatic carbocycles. The van der Waals surface area contributed by atoms with Crippen LogP contribution in [0.3, 0.4) is 0 Å². The molecule has 12 nitrogen and oxygen atoms in total. The Balaban J connectivity index is 1.08. The highest BCUT2D eigenvalue weighted by Crippen LogP contribution is 2.41. The van der Waals surface area contributed by atoms with Crippen molar-refractivity contribution in [2.45, 2.75) is 107 Å². The van der Waals surface area contributed by atoms with Gasteiger partial charge in [-0.25, -0.2) is 0 Å². The lowest BCUT2D eigenvalue weighted by molar-refractivity contribution is -0.355. The van der Waals surface area contributed by atoms with Gasteiger partial charge in [-0.2, -0.15) is 0 Å². The lowest BCUT2D eigenvalue weighted by Crippen LogP contribution is -2.68. The second-order valence-electron chi connectivity index (χ2n) is 19.2. The summed E-state index contributed by atoms with van der Waals surface area (Å²) in [4.78, 5) is 30.8. The third kappa shape index (κ3) is 13.9. The van der Waals surface area contributed by atoms with E-state index in [0.717, 1.165) is 33.4 Å². The van der Waals surface area contributed by atoms with Crippen molar-refractivity contribution in [3.63, 3.8) is 0 Å². The Morgan fingerprint density at radius 1 is 0.403 bits per heavy atom. The molecule has 13 heteroatoms. The number of carbonyl (C=O) groups is 2. The van der Waals surface area contributed by atoms with Crippen LogP contribution >= 0.6 is 11.8 Å². The number of nitrogens with zero attached hydrogens (tertiary/aromatic N) is 1. The first-order valence-corrected chi connectivity index (χ1v) is 27.5. The van der Waals surface area contributed by atoms with E-state index in [0.29, 0.717) is 23.5 Å². The fourth-order valence-electron chi connectivity index (χ4n) is 10.1. The van der Waals surface area contributed by atoms with Crippen LogP contribution in [0.4, 0.5) is 0 Å². The molecule has 0 spiro atoms.